The molecule has 1 nitrogen and oxygen atoms in total. The lowest BCUT2D eigenvalue weighted by molar-refractivity contribution is 0.690. The van der Waals surface area contributed by atoms with Gasteiger partial charge in [0, 0.05) is 5.02 Å². The normalized spacial score (nSPS) is 12.4. The van der Waals surface area contributed by atoms with Gasteiger partial charge in [-0.2, -0.15) is 0 Å². The van der Waals surface area contributed by atoms with E-state index in [2.05, 4.69) is 48.6 Å². The molecular formula is C18H22ClN. The number of hydrogen-bond donors (Lipinski definition) is 1. The second-order valence-electron chi connectivity index (χ2n) is 5.22. The van der Waals surface area contributed by atoms with Gasteiger partial charge in [-0.25, -0.2) is 0 Å². The number of nitrogens with one attached hydrogen (secondary N) is 1. The fourth-order valence-corrected chi connectivity index (χ4v) is 2.66. The molecule has 1 N–H and O–H groups in total. The molecular weight excluding hydrogens is 266 g/mol. The van der Waals surface area contributed by atoms with Crippen LogP contribution < -0.4 is 5.32 Å². The zero-order valence-electron chi connectivity index (χ0n) is 12.4. The van der Waals surface area contributed by atoms with Crippen LogP contribution in [-0.4, -0.2) is 7.05 Å². The lowest BCUT2D eigenvalue weighted by Crippen LogP contribution is -2.17. The molecule has 0 aliphatic rings. The Morgan fingerprint density at radius 2 is 1.70 bits per heavy atom. The Balaban J connectivity index is 2.29. The molecule has 2 aromatic carbocycles. The van der Waals surface area contributed by atoms with Crippen LogP contribution in [0.3, 0.4) is 0 Å². The first-order valence-electron chi connectivity index (χ1n) is 7.18. The van der Waals surface area contributed by atoms with Crippen LogP contribution in [0.1, 0.15) is 41.6 Å². The van der Waals surface area contributed by atoms with Crippen LogP contribution in [-0.2, 0) is 6.42 Å². The van der Waals surface area contributed by atoms with Gasteiger partial charge in [-0.1, -0.05) is 61.3 Å². The van der Waals surface area contributed by atoms with E-state index in [9.17, 15) is 0 Å². The van der Waals surface area contributed by atoms with E-state index < -0.39 is 0 Å². The summed E-state index contributed by atoms with van der Waals surface area (Å²) in [6.45, 7) is 4.25. The van der Waals surface area contributed by atoms with Crippen LogP contribution in [0.4, 0.5) is 0 Å². The van der Waals surface area contributed by atoms with E-state index in [4.69, 9.17) is 11.6 Å². The third-order valence-corrected chi connectivity index (χ3v) is 4.08. The molecule has 1 unspecified atom stereocenters. The average Bonchev–Trinajstić information content (AvgIpc) is 2.46. The van der Waals surface area contributed by atoms with Gasteiger partial charge in [-0.15, -0.1) is 0 Å². The SMILES string of the molecule is CCCc1ccc(C(NC)c2ccc(Cl)c(C)c2)cc1. The summed E-state index contributed by atoms with van der Waals surface area (Å²) in [7, 11) is 1.99. The third-order valence-electron chi connectivity index (χ3n) is 3.66. The number of benzene rings is 2. The molecule has 106 valence electrons. The molecule has 2 aromatic rings. The first-order chi connectivity index (χ1) is 9.65. The zero-order valence-corrected chi connectivity index (χ0v) is 13.2. The van der Waals surface area contributed by atoms with E-state index in [0.717, 1.165) is 17.0 Å². The lowest BCUT2D eigenvalue weighted by Gasteiger charge is -2.18. The summed E-state index contributed by atoms with van der Waals surface area (Å²) in [5.41, 5.74) is 5.05. The fraction of sp³-hybridized carbons (Fsp3) is 0.333. The summed E-state index contributed by atoms with van der Waals surface area (Å²) in [5, 5.41) is 4.21. The van der Waals surface area contributed by atoms with Crippen molar-refractivity contribution in [2.45, 2.75) is 32.7 Å². The van der Waals surface area contributed by atoms with Gasteiger partial charge < -0.3 is 5.32 Å². The van der Waals surface area contributed by atoms with Gasteiger partial charge in [-0.05, 0) is 48.7 Å². The van der Waals surface area contributed by atoms with Crippen LogP contribution >= 0.6 is 11.6 Å². The van der Waals surface area contributed by atoms with Gasteiger partial charge in [0.1, 0.15) is 0 Å². The highest BCUT2D eigenvalue weighted by molar-refractivity contribution is 6.31. The van der Waals surface area contributed by atoms with Gasteiger partial charge in [-0.3, -0.25) is 0 Å². The van der Waals surface area contributed by atoms with Crippen molar-refractivity contribution < 1.29 is 0 Å². The monoisotopic (exact) mass is 287 g/mol. The minimum atomic E-state index is 0.210. The number of aryl methyl sites for hydroxylation is 2. The summed E-state index contributed by atoms with van der Waals surface area (Å²) in [6, 6.07) is 15.3. The van der Waals surface area contributed by atoms with Gasteiger partial charge in [0.05, 0.1) is 6.04 Å². The van der Waals surface area contributed by atoms with E-state index in [1.807, 2.05) is 20.0 Å². The Morgan fingerprint density at radius 1 is 1.05 bits per heavy atom. The van der Waals surface area contributed by atoms with Crippen LogP contribution in [0.5, 0.6) is 0 Å². The predicted molar refractivity (Wildman–Crippen MR) is 87.5 cm³/mol. The van der Waals surface area contributed by atoms with Crippen molar-refractivity contribution in [3.63, 3.8) is 0 Å². The summed E-state index contributed by atoms with van der Waals surface area (Å²) in [4.78, 5) is 0. The molecule has 0 aliphatic carbocycles. The highest BCUT2D eigenvalue weighted by Crippen LogP contribution is 2.26. The predicted octanol–water partition coefficient (Wildman–Crippen LogP) is 4.91. The molecule has 2 heteroatoms. The molecule has 0 spiro atoms. The maximum absolute atomic E-state index is 6.11. The summed E-state index contributed by atoms with van der Waals surface area (Å²) in [6.07, 6.45) is 2.33. The van der Waals surface area contributed by atoms with E-state index in [1.165, 1.54) is 23.1 Å². The smallest absolute Gasteiger partial charge is 0.0574 e. The van der Waals surface area contributed by atoms with Crippen LogP contribution in [0.25, 0.3) is 0 Å². The number of hydrogen-bond acceptors (Lipinski definition) is 1. The van der Waals surface area contributed by atoms with Crippen LogP contribution in [0.15, 0.2) is 42.5 Å². The molecule has 0 bridgehead atoms. The van der Waals surface area contributed by atoms with Gasteiger partial charge in [0.2, 0.25) is 0 Å². The van der Waals surface area contributed by atoms with Crippen LogP contribution in [0, 0.1) is 6.92 Å². The second-order valence-corrected chi connectivity index (χ2v) is 5.63. The Morgan fingerprint density at radius 3 is 2.25 bits per heavy atom. The van der Waals surface area contributed by atoms with Gasteiger partial charge in [0.15, 0.2) is 0 Å². The Kier molecular flexibility index (Phi) is 5.22. The van der Waals surface area contributed by atoms with Crippen molar-refractivity contribution >= 4 is 11.6 Å². The molecule has 2 rings (SSSR count). The highest BCUT2D eigenvalue weighted by Gasteiger charge is 2.12. The first kappa shape index (κ1) is 15.1. The molecule has 0 aliphatic heterocycles. The maximum Gasteiger partial charge on any atom is 0.0574 e. The maximum atomic E-state index is 6.11. The second kappa shape index (κ2) is 6.92. The Hall–Kier alpha value is -1.31. The molecule has 0 aromatic heterocycles. The van der Waals surface area contributed by atoms with Crippen molar-refractivity contribution in [3.8, 4) is 0 Å². The molecule has 0 saturated heterocycles. The van der Waals surface area contributed by atoms with E-state index >= 15 is 0 Å². The van der Waals surface area contributed by atoms with Crippen molar-refractivity contribution in [1.82, 2.24) is 5.32 Å². The number of halogens is 1. The van der Waals surface area contributed by atoms with Crippen molar-refractivity contribution in [2.24, 2.45) is 0 Å². The Bertz CT molecular complexity index is 560. The molecule has 20 heavy (non-hydrogen) atoms. The molecule has 1 atom stereocenters. The Labute approximate surface area is 127 Å². The fourth-order valence-electron chi connectivity index (χ4n) is 2.54. The average molecular weight is 288 g/mol. The van der Waals surface area contributed by atoms with E-state index in [1.54, 1.807) is 0 Å². The minimum absolute atomic E-state index is 0.210. The first-order valence-corrected chi connectivity index (χ1v) is 7.55. The van der Waals surface area contributed by atoms with Crippen LogP contribution in [0.2, 0.25) is 5.02 Å². The lowest BCUT2D eigenvalue weighted by atomic mass is 9.96. The van der Waals surface area contributed by atoms with Gasteiger partial charge in [0.25, 0.3) is 0 Å². The zero-order chi connectivity index (χ0) is 14.5. The molecule has 0 saturated carbocycles. The van der Waals surface area contributed by atoms with E-state index in [-0.39, 0.29) is 6.04 Å². The summed E-state index contributed by atoms with van der Waals surface area (Å²) in [5.74, 6) is 0. The van der Waals surface area contributed by atoms with Crippen molar-refractivity contribution in [2.75, 3.05) is 7.05 Å². The van der Waals surface area contributed by atoms with E-state index in [0.29, 0.717) is 0 Å². The topological polar surface area (TPSA) is 12.0 Å². The van der Waals surface area contributed by atoms with Crippen molar-refractivity contribution in [3.05, 3.63) is 69.7 Å². The molecule has 0 radical (unpaired) electrons. The van der Waals surface area contributed by atoms with Crippen molar-refractivity contribution in [1.29, 1.82) is 0 Å². The standard InChI is InChI=1S/C18H22ClN/c1-4-5-14-6-8-15(9-7-14)18(20-3)16-10-11-17(19)13(2)12-16/h6-12,18,20H,4-5H2,1-3H3. The molecule has 0 amide bonds. The largest absolute Gasteiger partial charge is 0.309 e. The summed E-state index contributed by atoms with van der Waals surface area (Å²) >= 11 is 6.11. The molecule has 0 fully saturated rings. The highest BCUT2D eigenvalue weighted by atomic mass is 35.5. The minimum Gasteiger partial charge on any atom is -0.309 e. The third kappa shape index (κ3) is 3.41. The van der Waals surface area contributed by atoms with Gasteiger partial charge >= 0.3 is 0 Å². The molecule has 0 heterocycles. The number of rotatable bonds is 5. The summed E-state index contributed by atoms with van der Waals surface area (Å²) < 4.78 is 0. The quantitative estimate of drug-likeness (QED) is 0.824.